The summed E-state index contributed by atoms with van der Waals surface area (Å²) in [6.45, 7) is 6.41. The third-order valence-corrected chi connectivity index (χ3v) is 2.62. The lowest BCUT2D eigenvalue weighted by Gasteiger charge is -2.19. The van der Waals surface area contributed by atoms with Crippen LogP contribution in [0.15, 0.2) is 12.3 Å². The number of rotatable bonds is 4. The van der Waals surface area contributed by atoms with Gasteiger partial charge in [-0.15, -0.1) is 0 Å². The zero-order chi connectivity index (χ0) is 11.3. The highest BCUT2D eigenvalue weighted by Gasteiger charge is 2.10. The molecule has 1 rings (SSSR count). The fourth-order valence-electron chi connectivity index (χ4n) is 1.19. The molecule has 0 amide bonds. The van der Waals surface area contributed by atoms with Gasteiger partial charge in [0.05, 0.1) is 0 Å². The predicted molar refractivity (Wildman–Crippen MR) is 59.3 cm³/mol. The van der Waals surface area contributed by atoms with Crippen molar-refractivity contribution in [3.8, 4) is 6.07 Å². The number of anilines is 1. The number of hydrogen-bond donors (Lipinski definition) is 1. The summed E-state index contributed by atoms with van der Waals surface area (Å²) in [6.07, 6.45) is 2.70. The first-order valence-corrected chi connectivity index (χ1v) is 5.17. The first kappa shape index (κ1) is 11.4. The largest absolute Gasteiger partial charge is 0.351 e. The van der Waals surface area contributed by atoms with Gasteiger partial charge in [-0.25, -0.2) is 9.97 Å². The van der Waals surface area contributed by atoms with Crippen molar-refractivity contribution in [3.05, 3.63) is 18.0 Å². The predicted octanol–water partition coefficient (Wildman–Crippen LogP) is 2.19. The zero-order valence-corrected chi connectivity index (χ0v) is 9.36. The van der Waals surface area contributed by atoms with Gasteiger partial charge in [0.1, 0.15) is 11.8 Å². The molecule has 0 aromatic carbocycles. The van der Waals surface area contributed by atoms with Crippen LogP contribution < -0.4 is 5.32 Å². The van der Waals surface area contributed by atoms with Gasteiger partial charge in [-0.3, -0.25) is 0 Å². The van der Waals surface area contributed by atoms with Crippen LogP contribution in [0.2, 0.25) is 0 Å². The Labute approximate surface area is 90.4 Å². The zero-order valence-electron chi connectivity index (χ0n) is 9.36. The molecule has 0 aliphatic carbocycles. The molecule has 1 heterocycles. The quantitative estimate of drug-likeness (QED) is 0.816. The normalized spacial score (nSPS) is 14.0. The summed E-state index contributed by atoms with van der Waals surface area (Å²) in [4.78, 5) is 8.14. The molecule has 2 atom stereocenters. The first-order chi connectivity index (χ1) is 7.17. The summed E-state index contributed by atoms with van der Waals surface area (Å²) in [6, 6.07) is 3.90. The molecule has 0 spiro atoms. The van der Waals surface area contributed by atoms with Gasteiger partial charge >= 0.3 is 0 Å². The summed E-state index contributed by atoms with van der Waals surface area (Å²) < 4.78 is 0. The molecule has 1 aromatic rings. The molecule has 15 heavy (non-hydrogen) atoms. The van der Waals surface area contributed by atoms with E-state index in [0.717, 1.165) is 6.42 Å². The van der Waals surface area contributed by atoms with Crippen LogP contribution in [0.1, 0.15) is 32.9 Å². The lowest BCUT2D eigenvalue weighted by atomic mass is 10.0. The van der Waals surface area contributed by atoms with Crippen molar-refractivity contribution in [2.24, 2.45) is 5.92 Å². The number of nitrogens with zero attached hydrogens (tertiary/aromatic N) is 3. The Bertz CT molecular complexity index is 356. The average molecular weight is 204 g/mol. The van der Waals surface area contributed by atoms with Crippen LogP contribution in [0.3, 0.4) is 0 Å². The van der Waals surface area contributed by atoms with Crippen molar-refractivity contribution in [1.82, 2.24) is 9.97 Å². The molecule has 0 aliphatic rings. The van der Waals surface area contributed by atoms with Gasteiger partial charge in [0, 0.05) is 12.2 Å². The Balaban J connectivity index is 2.68. The molecule has 1 aromatic heterocycles. The summed E-state index contributed by atoms with van der Waals surface area (Å²) in [5.41, 5.74) is 0.392. The van der Waals surface area contributed by atoms with Crippen LogP contribution in [0.5, 0.6) is 0 Å². The SMILES string of the molecule is CCC(C)C(C)Nc1nccc(C#N)n1. The molecule has 1 N–H and O–H groups in total. The highest BCUT2D eigenvalue weighted by atomic mass is 15.1. The molecule has 0 aliphatic heterocycles. The van der Waals surface area contributed by atoms with Crippen molar-refractivity contribution < 1.29 is 0 Å². The highest BCUT2D eigenvalue weighted by molar-refractivity contribution is 5.30. The molecule has 2 unspecified atom stereocenters. The van der Waals surface area contributed by atoms with Gasteiger partial charge in [-0.05, 0) is 18.9 Å². The van der Waals surface area contributed by atoms with E-state index in [1.807, 2.05) is 6.07 Å². The van der Waals surface area contributed by atoms with Gasteiger partial charge < -0.3 is 5.32 Å². The third kappa shape index (κ3) is 3.21. The Morgan fingerprint density at radius 1 is 1.53 bits per heavy atom. The van der Waals surface area contributed by atoms with E-state index in [1.54, 1.807) is 12.3 Å². The van der Waals surface area contributed by atoms with E-state index < -0.39 is 0 Å². The highest BCUT2D eigenvalue weighted by Crippen LogP contribution is 2.11. The van der Waals surface area contributed by atoms with E-state index in [-0.39, 0.29) is 0 Å². The standard InChI is InChI=1S/C11H16N4/c1-4-8(2)9(3)14-11-13-6-5-10(7-12)15-11/h5-6,8-9H,4H2,1-3H3,(H,13,14,15). The Kier molecular flexibility index (Phi) is 4.04. The maximum absolute atomic E-state index is 8.68. The molecular weight excluding hydrogens is 188 g/mol. The lowest BCUT2D eigenvalue weighted by Crippen LogP contribution is -2.24. The lowest BCUT2D eigenvalue weighted by molar-refractivity contribution is 0.492. The number of nitriles is 1. The molecule has 0 bridgehead atoms. The second-order valence-corrected chi connectivity index (χ2v) is 3.70. The smallest absolute Gasteiger partial charge is 0.224 e. The minimum absolute atomic E-state index is 0.309. The minimum Gasteiger partial charge on any atom is -0.351 e. The second kappa shape index (κ2) is 5.30. The van der Waals surface area contributed by atoms with Gasteiger partial charge in [0.25, 0.3) is 0 Å². The van der Waals surface area contributed by atoms with E-state index in [9.17, 15) is 0 Å². The van der Waals surface area contributed by atoms with E-state index in [4.69, 9.17) is 5.26 Å². The van der Waals surface area contributed by atoms with Crippen LogP contribution in [0, 0.1) is 17.2 Å². The van der Waals surface area contributed by atoms with E-state index in [2.05, 4.69) is 36.1 Å². The summed E-state index contributed by atoms with van der Waals surface area (Å²) in [7, 11) is 0. The Hall–Kier alpha value is -1.63. The van der Waals surface area contributed by atoms with Crippen LogP contribution in [0.25, 0.3) is 0 Å². The summed E-state index contributed by atoms with van der Waals surface area (Å²) in [5.74, 6) is 1.08. The first-order valence-electron chi connectivity index (χ1n) is 5.17. The van der Waals surface area contributed by atoms with Gasteiger partial charge in [0.2, 0.25) is 5.95 Å². The molecular formula is C11H16N4. The number of aromatic nitrogens is 2. The Morgan fingerprint density at radius 2 is 2.27 bits per heavy atom. The van der Waals surface area contributed by atoms with Crippen molar-refractivity contribution in [3.63, 3.8) is 0 Å². The summed E-state index contributed by atoms with van der Waals surface area (Å²) in [5, 5.41) is 11.9. The van der Waals surface area contributed by atoms with E-state index in [0.29, 0.717) is 23.6 Å². The molecule has 0 fully saturated rings. The third-order valence-electron chi connectivity index (χ3n) is 2.62. The van der Waals surface area contributed by atoms with E-state index in [1.165, 1.54) is 0 Å². The van der Waals surface area contributed by atoms with Crippen molar-refractivity contribution in [2.75, 3.05) is 5.32 Å². The maximum atomic E-state index is 8.68. The monoisotopic (exact) mass is 204 g/mol. The van der Waals surface area contributed by atoms with Crippen molar-refractivity contribution in [1.29, 1.82) is 5.26 Å². The molecule has 0 radical (unpaired) electrons. The molecule has 0 saturated heterocycles. The average Bonchev–Trinajstić information content (AvgIpc) is 2.28. The van der Waals surface area contributed by atoms with Crippen LogP contribution in [-0.2, 0) is 0 Å². The molecule has 80 valence electrons. The van der Waals surface area contributed by atoms with Gasteiger partial charge in [0.15, 0.2) is 0 Å². The van der Waals surface area contributed by atoms with Crippen LogP contribution in [0.4, 0.5) is 5.95 Å². The maximum Gasteiger partial charge on any atom is 0.224 e. The Morgan fingerprint density at radius 3 is 2.87 bits per heavy atom. The second-order valence-electron chi connectivity index (χ2n) is 3.70. The minimum atomic E-state index is 0.309. The number of nitrogens with one attached hydrogen (secondary N) is 1. The van der Waals surface area contributed by atoms with Gasteiger partial charge in [-0.1, -0.05) is 20.3 Å². The number of hydrogen-bond acceptors (Lipinski definition) is 4. The fourth-order valence-corrected chi connectivity index (χ4v) is 1.19. The fraction of sp³-hybridized carbons (Fsp3) is 0.545. The van der Waals surface area contributed by atoms with Gasteiger partial charge in [-0.2, -0.15) is 5.26 Å². The van der Waals surface area contributed by atoms with Crippen LogP contribution in [-0.4, -0.2) is 16.0 Å². The molecule has 4 heteroatoms. The van der Waals surface area contributed by atoms with Crippen molar-refractivity contribution in [2.45, 2.75) is 33.2 Å². The topological polar surface area (TPSA) is 61.6 Å². The van der Waals surface area contributed by atoms with Crippen LogP contribution >= 0.6 is 0 Å². The van der Waals surface area contributed by atoms with E-state index >= 15 is 0 Å². The summed E-state index contributed by atoms with van der Waals surface area (Å²) >= 11 is 0. The molecule has 4 nitrogen and oxygen atoms in total. The molecule has 0 saturated carbocycles. The van der Waals surface area contributed by atoms with Crippen molar-refractivity contribution >= 4 is 5.95 Å².